The summed E-state index contributed by atoms with van der Waals surface area (Å²) in [5, 5.41) is -0.686. The largest absolute Gasteiger partial charge is 0.229 e. The minimum Gasteiger partial charge on any atom is -0.229 e. The number of halogens is 1. The molecule has 0 N–H and O–H groups in total. The SMILES string of the molecule is CC[C@H](Cl)C(C)S(C)(=O)=O. The van der Waals surface area contributed by atoms with Crippen molar-refractivity contribution in [2.75, 3.05) is 6.26 Å². The normalized spacial score (nSPS) is 18.4. The van der Waals surface area contributed by atoms with E-state index >= 15 is 0 Å². The summed E-state index contributed by atoms with van der Waals surface area (Å²) < 4.78 is 21.7. The minimum atomic E-state index is -2.95. The van der Waals surface area contributed by atoms with Gasteiger partial charge in [-0.25, -0.2) is 8.42 Å². The maximum atomic E-state index is 10.8. The molecule has 0 saturated carbocycles. The molecule has 62 valence electrons. The van der Waals surface area contributed by atoms with E-state index in [1.807, 2.05) is 6.92 Å². The Morgan fingerprint density at radius 1 is 1.50 bits per heavy atom. The van der Waals surface area contributed by atoms with Gasteiger partial charge in [-0.3, -0.25) is 0 Å². The number of sulfone groups is 1. The van der Waals surface area contributed by atoms with E-state index in [4.69, 9.17) is 11.6 Å². The topological polar surface area (TPSA) is 34.1 Å². The molecule has 0 fully saturated rings. The Balaban J connectivity index is 4.23. The van der Waals surface area contributed by atoms with E-state index in [1.54, 1.807) is 6.92 Å². The van der Waals surface area contributed by atoms with Crippen LogP contribution in [0.15, 0.2) is 0 Å². The molecule has 1 unspecified atom stereocenters. The third kappa shape index (κ3) is 2.88. The summed E-state index contributed by atoms with van der Waals surface area (Å²) in [5.74, 6) is 0. The highest BCUT2D eigenvalue weighted by atomic mass is 35.5. The predicted molar refractivity (Wildman–Crippen MR) is 44.2 cm³/mol. The summed E-state index contributed by atoms with van der Waals surface area (Å²) in [6.45, 7) is 3.51. The molecule has 0 spiro atoms. The standard InChI is InChI=1S/C6H13ClO2S/c1-4-6(7)5(2)10(3,8)9/h5-6H,4H2,1-3H3/t5?,6-/m0/s1. The van der Waals surface area contributed by atoms with Crippen LogP contribution < -0.4 is 0 Å². The number of hydrogen-bond donors (Lipinski definition) is 0. The molecule has 0 heterocycles. The average Bonchev–Trinajstić information content (AvgIpc) is 1.83. The molecule has 0 saturated heterocycles. The van der Waals surface area contributed by atoms with Crippen molar-refractivity contribution in [1.29, 1.82) is 0 Å². The zero-order chi connectivity index (χ0) is 8.36. The minimum absolute atomic E-state index is 0.255. The highest BCUT2D eigenvalue weighted by molar-refractivity contribution is 7.91. The van der Waals surface area contributed by atoms with E-state index < -0.39 is 15.1 Å². The van der Waals surface area contributed by atoms with Crippen LogP contribution in [-0.2, 0) is 9.84 Å². The third-order valence-electron chi connectivity index (χ3n) is 1.57. The van der Waals surface area contributed by atoms with Crippen LogP contribution in [0, 0.1) is 0 Å². The first kappa shape index (κ1) is 10.2. The Bertz CT molecular complexity index is 186. The van der Waals surface area contributed by atoms with Crippen LogP contribution in [0.3, 0.4) is 0 Å². The molecule has 0 bridgehead atoms. The zero-order valence-electron chi connectivity index (χ0n) is 6.46. The lowest BCUT2D eigenvalue weighted by atomic mass is 10.3. The Labute approximate surface area is 67.5 Å². The summed E-state index contributed by atoms with van der Waals surface area (Å²) in [7, 11) is -2.95. The molecule has 2 nitrogen and oxygen atoms in total. The fraction of sp³-hybridized carbons (Fsp3) is 1.00. The van der Waals surface area contributed by atoms with Crippen molar-refractivity contribution in [3.8, 4) is 0 Å². The second-order valence-electron chi connectivity index (χ2n) is 2.46. The lowest BCUT2D eigenvalue weighted by molar-refractivity contribution is 0.583. The summed E-state index contributed by atoms with van der Waals surface area (Å²) in [6, 6.07) is 0. The Morgan fingerprint density at radius 3 is 2.00 bits per heavy atom. The predicted octanol–water partition coefficient (Wildman–Crippen LogP) is 1.44. The van der Waals surface area contributed by atoms with Gasteiger partial charge in [0, 0.05) is 11.6 Å². The van der Waals surface area contributed by atoms with Crippen LogP contribution >= 0.6 is 11.6 Å². The fourth-order valence-corrected chi connectivity index (χ4v) is 1.89. The molecule has 4 heteroatoms. The molecule has 0 aromatic carbocycles. The van der Waals surface area contributed by atoms with Crippen LogP contribution in [0.1, 0.15) is 20.3 Å². The van der Waals surface area contributed by atoms with E-state index in [0.717, 1.165) is 0 Å². The quantitative estimate of drug-likeness (QED) is 0.622. The van der Waals surface area contributed by atoms with Gasteiger partial charge in [0.25, 0.3) is 0 Å². The summed E-state index contributed by atoms with van der Waals surface area (Å²) in [5.41, 5.74) is 0. The van der Waals surface area contributed by atoms with Gasteiger partial charge < -0.3 is 0 Å². The van der Waals surface area contributed by atoms with Crippen LogP contribution in [-0.4, -0.2) is 25.3 Å². The number of hydrogen-bond acceptors (Lipinski definition) is 2. The van der Waals surface area contributed by atoms with E-state index in [2.05, 4.69) is 0 Å². The molecule has 0 rings (SSSR count). The fourth-order valence-electron chi connectivity index (χ4n) is 0.600. The first-order valence-corrected chi connectivity index (χ1v) is 5.61. The maximum absolute atomic E-state index is 10.8. The van der Waals surface area contributed by atoms with Crippen molar-refractivity contribution in [2.24, 2.45) is 0 Å². The molecule has 0 aliphatic heterocycles. The Morgan fingerprint density at radius 2 is 1.90 bits per heavy atom. The van der Waals surface area contributed by atoms with Gasteiger partial charge in [-0.2, -0.15) is 0 Å². The molecule has 0 amide bonds. The smallest absolute Gasteiger partial charge is 0.151 e. The van der Waals surface area contributed by atoms with Crippen LogP contribution in [0.2, 0.25) is 0 Å². The van der Waals surface area contributed by atoms with Crippen molar-refractivity contribution in [1.82, 2.24) is 0 Å². The zero-order valence-corrected chi connectivity index (χ0v) is 8.04. The van der Waals surface area contributed by atoms with Gasteiger partial charge in [-0.05, 0) is 13.3 Å². The second kappa shape index (κ2) is 3.58. The Kier molecular flexibility index (Phi) is 3.66. The third-order valence-corrected chi connectivity index (χ3v) is 4.09. The van der Waals surface area contributed by atoms with E-state index in [1.165, 1.54) is 6.26 Å². The van der Waals surface area contributed by atoms with Crippen LogP contribution in [0.25, 0.3) is 0 Å². The van der Waals surface area contributed by atoms with Gasteiger partial charge in [-0.15, -0.1) is 11.6 Å². The van der Waals surface area contributed by atoms with E-state index in [0.29, 0.717) is 6.42 Å². The van der Waals surface area contributed by atoms with Crippen molar-refractivity contribution < 1.29 is 8.42 Å². The molecule has 0 aromatic heterocycles. The summed E-state index contributed by atoms with van der Waals surface area (Å²) in [4.78, 5) is 0. The lowest BCUT2D eigenvalue weighted by Gasteiger charge is -2.13. The molecule has 10 heavy (non-hydrogen) atoms. The van der Waals surface area contributed by atoms with Crippen molar-refractivity contribution >= 4 is 21.4 Å². The van der Waals surface area contributed by atoms with Gasteiger partial charge >= 0.3 is 0 Å². The average molecular weight is 185 g/mol. The Hall–Kier alpha value is 0.240. The summed E-state index contributed by atoms with van der Waals surface area (Å²) in [6.07, 6.45) is 1.90. The number of alkyl halides is 1. The molecule has 0 aliphatic rings. The van der Waals surface area contributed by atoms with Gasteiger partial charge in [0.15, 0.2) is 9.84 Å². The first-order chi connectivity index (χ1) is 4.39. The van der Waals surface area contributed by atoms with Crippen molar-refractivity contribution in [3.05, 3.63) is 0 Å². The van der Waals surface area contributed by atoms with Gasteiger partial charge in [0.1, 0.15) is 0 Å². The molecule has 0 radical (unpaired) electrons. The molecular formula is C6H13ClO2S. The molecule has 0 aliphatic carbocycles. The number of rotatable bonds is 3. The second-order valence-corrected chi connectivity index (χ2v) is 5.42. The van der Waals surface area contributed by atoms with E-state index in [-0.39, 0.29) is 5.38 Å². The monoisotopic (exact) mass is 184 g/mol. The first-order valence-electron chi connectivity index (χ1n) is 3.22. The van der Waals surface area contributed by atoms with Crippen LogP contribution in [0.5, 0.6) is 0 Å². The molecule has 0 aromatic rings. The maximum Gasteiger partial charge on any atom is 0.151 e. The molecule has 2 atom stereocenters. The highest BCUT2D eigenvalue weighted by Gasteiger charge is 2.21. The van der Waals surface area contributed by atoms with Gasteiger partial charge in [0.2, 0.25) is 0 Å². The summed E-state index contributed by atoms with van der Waals surface area (Å²) >= 11 is 5.72. The van der Waals surface area contributed by atoms with Gasteiger partial charge in [-0.1, -0.05) is 6.92 Å². The van der Waals surface area contributed by atoms with Crippen LogP contribution in [0.4, 0.5) is 0 Å². The van der Waals surface area contributed by atoms with E-state index in [9.17, 15) is 8.42 Å². The lowest BCUT2D eigenvalue weighted by Crippen LogP contribution is -2.25. The molecular weight excluding hydrogens is 172 g/mol. The highest BCUT2D eigenvalue weighted by Crippen LogP contribution is 2.13. The van der Waals surface area contributed by atoms with Crippen molar-refractivity contribution in [3.63, 3.8) is 0 Å². The van der Waals surface area contributed by atoms with Crippen molar-refractivity contribution in [2.45, 2.75) is 30.9 Å². The van der Waals surface area contributed by atoms with Gasteiger partial charge in [0.05, 0.1) is 5.25 Å².